The van der Waals surface area contributed by atoms with Gasteiger partial charge in [-0.25, -0.2) is 0 Å². The molecule has 3 rings (SSSR count). The first-order valence-corrected chi connectivity index (χ1v) is 5.87. The van der Waals surface area contributed by atoms with E-state index in [1.54, 1.807) is 0 Å². The molecule has 82 valence electrons. The molecule has 1 atom stereocenters. The van der Waals surface area contributed by atoms with E-state index in [1.807, 2.05) is 0 Å². The van der Waals surface area contributed by atoms with Gasteiger partial charge in [0.1, 0.15) is 0 Å². The first-order chi connectivity index (χ1) is 7.28. The molecule has 1 saturated heterocycles. The normalized spacial score (nSPS) is 31.8. The molecule has 2 aliphatic rings. The number of piperidine rings is 1. The maximum atomic E-state index is 5.38. The predicted molar refractivity (Wildman–Crippen MR) is 55.5 cm³/mol. The van der Waals surface area contributed by atoms with E-state index in [9.17, 15) is 0 Å². The van der Waals surface area contributed by atoms with Crippen LogP contribution in [0.4, 0.5) is 0 Å². The van der Waals surface area contributed by atoms with Crippen molar-refractivity contribution in [2.24, 2.45) is 0 Å². The second-order valence-corrected chi connectivity index (χ2v) is 4.95. The molecule has 0 radical (unpaired) electrons. The molecule has 0 bridgehead atoms. The summed E-state index contributed by atoms with van der Waals surface area (Å²) in [7, 11) is 0. The summed E-state index contributed by atoms with van der Waals surface area (Å²) in [5.74, 6) is 2.28. The second kappa shape index (κ2) is 3.30. The largest absolute Gasteiger partial charge is 0.337 e. The van der Waals surface area contributed by atoms with Crippen LogP contribution in [0.25, 0.3) is 0 Å². The van der Waals surface area contributed by atoms with Gasteiger partial charge in [-0.15, -0.1) is 0 Å². The maximum absolute atomic E-state index is 5.38. The van der Waals surface area contributed by atoms with Gasteiger partial charge in [0.25, 0.3) is 0 Å². The van der Waals surface area contributed by atoms with Crippen molar-refractivity contribution in [3.05, 3.63) is 11.7 Å². The van der Waals surface area contributed by atoms with Crippen molar-refractivity contribution in [3.8, 4) is 0 Å². The van der Waals surface area contributed by atoms with Crippen LogP contribution in [0.2, 0.25) is 0 Å². The highest BCUT2D eigenvalue weighted by Gasteiger charge is 2.36. The van der Waals surface area contributed by atoms with E-state index in [0.29, 0.717) is 5.92 Å². The molecule has 0 spiro atoms. The molecular formula is C11H17N3O. The van der Waals surface area contributed by atoms with Crippen molar-refractivity contribution in [2.45, 2.75) is 50.5 Å². The van der Waals surface area contributed by atoms with Crippen molar-refractivity contribution >= 4 is 0 Å². The van der Waals surface area contributed by atoms with E-state index >= 15 is 0 Å². The SMILES string of the molecule is CC1(c2nc(C3CC3)no2)CCCCN1. The molecule has 1 aromatic rings. The van der Waals surface area contributed by atoms with E-state index in [0.717, 1.165) is 24.7 Å². The Morgan fingerprint density at radius 3 is 2.93 bits per heavy atom. The minimum absolute atomic E-state index is 0.0849. The van der Waals surface area contributed by atoms with Gasteiger partial charge in [0.15, 0.2) is 5.82 Å². The molecule has 0 amide bonds. The quantitative estimate of drug-likeness (QED) is 0.805. The monoisotopic (exact) mass is 207 g/mol. The molecule has 1 N–H and O–H groups in total. The zero-order chi connectivity index (χ0) is 10.3. The number of nitrogens with zero attached hydrogens (tertiary/aromatic N) is 2. The third-order valence-electron chi connectivity index (χ3n) is 3.47. The highest BCUT2D eigenvalue weighted by Crippen LogP contribution is 2.39. The molecule has 4 nitrogen and oxygen atoms in total. The fraction of sp³-hybridized carbons (Fsp3) is 0.818. The van der Waals surface area contributed by atoms with Gasteiger partial charge in [0, 0.05) is 5.92 Å². The summed E-state index contributed by atoms with van der Waals surface area (Å²) in [6.07, 6.45) is 6.04. The lowest BCUT2D eigenvalue weighted by atomic mass is 9.91. The Bertz CT molecular complexity index is 350. The lowest BCUT2D eigenvalue weighted by Crippen LogP contribution is -2.43. The van der Waals surface area contributed by atoms with E-state index in [-0.39, 0.29) is 5.54 Å². The average Bonchev–Trinajstić information content (AvgIpc) is 2.97. The molecule has 4 heteroatoms. The van der Waals surface area contributed by atoms with Crippen LogP contribution in [-0.4, -0.2) is 16.7 Å². The number of aromatic nitrogens is 2. The number of hydrogen-bond acceptors (Lipinski definition) is 4. The highest BCUT2D eigenvalue weighted by atomic mass is 16.5. The standard InChI is InChI=1S/C11H17N3O/c1-11(6-2-3-7-12-11)10-13-9(14-15-10)8-4-5-8/h8,12H,2-7H2,1H3. The molecule has 2 fully saturated rings. The molecule has 1 aromatic heterocycles. The van der Waals surface area contributed by atoms with E-state index in [1.165, 1.54) is 25.7 Å². The lowest BCUT2D eigenvalue weighted by molar-refractivity contribution is 0.206. The summed E-state index contributed by atoms with van der Waals surface area (Å²) >= 11 is 0. The van der Waals surface area contributed by atoms with Crippen molar-refractivity contribution in [2.75, 3.05) is 6.54 Å². The molecule has 1 aliphatic heterocycles. The van der Waals surface area contributed by atoms with Crippen LogP contribution in [-0.2, 0) is 5.54 Å². The summed E-state index contributed by atoms with van der Waals surface area (Å²) in [6, 6.07) is 0. The van der Waals surface area contributed by atoms with E-state index in [2.05, 4.69) is 22.4 Å². The van der Waals surface area contributed by atoms with Gasteiger partial charge in [0.05, 0.1) is 5.54 Å². The van der Waals surface area contributed by atoms with Gasteiger partial charge in [-0.3, -0.25) is 0 Å². The number of rotatable bonds is 2. The zero-order valence-corrected chi connectivity index (χ0v) is 9.12. The van der Waals surface area contributed by atoms with Gasteiger partial charge < -0.3 is 9.84 Å². The first kappa shape index (κ1) is 9.33. The molecule has 1 aliphatic carbocycles. The van der Waals surface area contributed by atoms with Gasteiger partial charge in [-0.2, -0.15) is 4.98 Å². The predicted octanol–water partition coefficient (Wildman–Crippen LogP) is 1.94. The Morgan fingerprint density at radius 2 is 2.27 bits per heavy atom. The summed E-state index contributed by atoms with van der Waals surface area (Å²) < 4.78 is 5.38. The molecule has 0 aromatic carbocycles. The fourth-order valence-corrected chi connectivity index (χ4v) is 2.21. The third kappa shape index (κ3) is 1.67. The van der Waals surface area contributed by atoms with Crippen LogP contribution in [0.1, 0.15) is 56.7 Å². The zero-order valence-electron chi connectivity index (χ0n) is 9.12. The van der Waals surface area contributed by atoms with Crippen LogP contribution in [0.15, 0.2) is 4.52 Å². The fourth-order valence-electron chi connectivity index (χ4n) is 2.21. The lowest BCUT2D eigenvalue weighted by Gasteiger charge is -2.31. The third-order valence-corrected chi connectivity index (χ3v) is 3.47. The Balaban J connectivity index is 1.83. The van der Waals surface area contributed by atoms with Gasteiger partial charge in [-0.1, -0.05) is 5.16 Å². The van der Waals surface area contributed by atoms with E-state index in [4.69, 9.17) is 4.52 Å². The van der Waals surface area contributed by atoms with Crippen LogP contribution >= 0.6 is 0 Å². The minimum Gasteiger partial charge on any atom is -0.337 e. The van der Waals surface area contributed by atoms with E-state index < -0.39 is 0 Å². The van der Waals surface area contributed by atoms with Crippen LogP contribution in [0, 0.1) is 0 Å². The highest BCUT2D eigenvalue weighted by molar-refractivity contribution is 5.08. The molecule has 1 unspecified atom stereocenters. The van der Waals surface area contributed by atoms with Gasteiger partial charge in [0.2, 0.25) is 5.89 Å². The van der Waals surface area contributed by atoms with Gasteiger partial charge >= 0.3 is 0 Å². The molecule has 1 saturated carbocycles. The molecule has 2 heterocycles. The van der Waals surface area contributed by atoms with Crippen LogP contribution in [0.3, 0.4) is 0 Å². The smallest absolute Gasteiger partial charge is 0.246 e. The maximum Gasteiger partial charge on any atom is 0.246 e. The Labute approximate surface area is 89.4 Å². The topological polar surface area (TPSA) is 51.0 Å². The summed E-state index contributed by atoms with van der Waals surface area (Å²) in [5.41, 5.74) is -0.0849. The Hall–Kier alpha value is -0.900. The molecular weight excluding hydrogens is 190 g/mol. The summed E-state index contributed by atoms with van der Waals surface area (Å²) in [4.78, 5) is 4.53. The number of nitrogens with one attached hydrogen (secondary N) is 1. The second-order valence-electron chi connectivity index (χ2n) is 4.95. The summed E-state index contributed by atoms with van der Waals surface area (Å²) in [6.45, 7) is 3.22. The Kier molecular flexibility index (Phi) is 2.06. The van der Waals surface area contributed by atoms with Crippen LogP contribution < -0.4 is 5.32 Å². The average molecular weight is 207 g/mol. The van der Waals surface area contributed by atoms with Crippen molar-refractivity contribution in [1.29, 1.82) is 0 Å². The number of hydrogen-bond donors (Lipinski definition) is 1. The van der Waals surface area contributed by atoms with Crippen molar-refractivity contribution < 1.29 is 4.52 Å². The summed E-state index contributed by atoms with van der Waals surface area (Å²) in [5, 5.41) is 7.56. The van der Waals surface area contributed by atoms with Gasteiger partial charge in [-0.05, 0) is 45.6 Å². The van der Waals surface area contributed by atoms with Crippen molar-refractivity contribution in [3.63, 3.8) is 0 Å². The Morgan fingerprint density at radius 1 is 1.40 bits per heavy atom. The first-order valence-electron chi connectivity index (χ1n) is 5.87. The van der Waals surface area contributed by atoms with Crippen LogP contribution in [0.5, 0.6) is 0 Å². The minimum atomic E-state index is -0.0849. The van der Waals surface area contributed by atoms with Crippen molar-refractivity contribution in [1.82, 2.24) is 15.5 Å². The molecule has 15 heavy (non-hydrogen) atoms.